The number of rotatable bonds is 5. The molecule has 138 valence electrons. The first-order valence-corrected chi connectivity index (χ1v) is 9.76. The van der Waals surface area contributed by atoms with Crippen LogP contribution < -0.4 is 10.6 Å². The Morgan fingerprint density at radius 3 is 1.85 bits per heavy atom. The average Bonchev–Trinajstić information content (AvgIpc) is 2.69. The molecular weight excluding hydrogens is 348 g/mol. The van der Waals surface area contributed by atoms with Crippen LogP contribution in [0, 0.1) is 0 Å². The van der Waals surface area contributed by atoms with Crippen LogP contribution in [-0.4, -0.2) is 5.11 Å². The van der Waals surface area contributed by atoms with E-state index < -0.39 is 0 Å². The molecule has 2 N–H and O–H groups in total. The third-order valence-corrected chi connectivity index (χ3v) is 4.92. The number of hydrogen-bond acceptors (Lipinski definition) is 1. The minimum Gasteiger partial charge on any atom is -0.356 e. The van der Waals surface area contributed by atoms with Crippen molar-refractivity contribution in [2.45, 2.75) is 32.7 Å². The number of benzene rings is 3. The fourth-order valence-corrected chi connectivity index (χ4v) is 3.29. The molecule has 0 saturated carbocycles. The monoisotopic (exact) mass is 374 g/mol. The highest BCUT2D eigenvalue weighted by molar-refractivity contribution is 7.80. The van der Waals surface area contributed by atoms with Crippen molar-refractivity contribution in [1.82, 2.24) is 5.32 Å². The predicted molar refractivity (Wildman–Crippen MR) is 120 cm³/mol. The average molecular weight is 375 g/mol. The number of hydrogen-bond donors (Lipinski definition) is 2. The summed E-state index contributed by atoms with van der Waals surface area (Å²) >= 11 is 5.48. The van der Waals surface area contributed by atoms with E-state index in [0.29, 0.717) is 11.0 Å². The quantitative estimate of drug-likeness (QED) is 0.497. The summed E-state index contributed by atoms with van der Waals surface area (Å²) < 4.78 is 0. The molecule has 3 aromatic rings. The van der Waals surface area contributed by atoms with E-state index in [0.717, 1.165) is 5.69 Å². The molecule has 1 atom stereocenters. The second-order valence-electron chi connectivity index (χ2n) is 7.08. The Hall–Kier alpha value is -2.65. The fourth-order valence-electron chi connectivity index (χ4n) is 2.99. The lowest BCUT2D eigenvalue weighted by atomic mass is 10.0. The predicted octanol–water partition coefficient (Wildman–Crippen LogP) is 6.52. The van der Waals surface area contributed by atoms with Gasteiger partial charge in [0.05, 0.1) is 6.04 Å². The molecule has 27 heavy (non-hydrogen) atoms. The van der Waals surface area contributed by atoms with Crippen LogP contribution in [0.2, 0.25) is 0 Å². The molecule has 0 saturated heterocycles. The Labute approximate surface area is 167 Å². The van der Waals surface area contributed by atoms with Crippen molar-refractivity contribution >= 4 is 23.0 Å². The molecule has 0 amide bonds. The third kappa shape index (κ3) is 5.18. The molecule has 0 fully saturated rings. The van der Waals surface area contributed by atoms with Gasteiger partial charge in [-0.1, -0.05) is 80.6 Å². The summed E-state index contributed by atoms with van der Waals surface area (Å²) in [4.78, 5) is 0. The summed E-state index contributed by atoms with van der Waals surface area (Å²) in [6.07, 6.45) is 0. The van der Waals surface area contributed by atoms with Crippen molar-refractivity contribution < 1.29 is 0 Å². The molecule has 0 radical (unpaired) electrons. The molecule has 0 bridgehead atoms. The Morgan fingerprint density at radius 1 is 0.704 bits per heavy atom. The Bertz CT molecular complexity index is 869. The standard InChI is InChI=1S/C24H26N2S/c1-17(2)19-13-15-23(16-14-19)26-24(27)25-18(3)20-9-11-22(12-10-20)21-7-5-4-6-8-21/h4-18H,1-3H3,(H2,25,26,27). The maximum absolute atomic E-state index is 5.48. The SMILES string of the molecule is CC(C)c1ccc(NC(=S)NC(C)c2ccc(-c3ccccc3)cc2)cc1. The van der Waals surface area contributed by atoms with Crippen LogP contribution in [-0.2, 0) is 0 Å². The number of thiocarbonyl (C=S) groups is 1. The molecule has 0 aliphatic rings. The van der Waals surface area contributed by atoms with Crippen molar-refractivity contribution in [2.24, 2.45) is 0 Å². The van der Waals surface area contributed by atoms with Crippen molar-refractivity contribution in [3.63, 3.8) is 0 Å². The first-order chi connectivity index (χ1) is 13.0. The Kier molecular flexibility index (Phi) is 6.25. The summed E-state index contributed by atoms with van der Waals surface area (Å²) in [5, 5.41) is 7.26. The molecule has 3 heteroatoms. The lowest BCUT2D eigenvalue weighted by molar-refractivity contribution is 0.723. The third-order valence-electron chi connectivity index (χ3n) is 4.70. The van der Waals surface area contributed by atoms with Gasteiger partial charge in [0, 0.05) is 5.69 Å². The smallest absolute Gasteiger partial charge is 0.171 e. The van der Waals surface area contributed by atoms with Gasteiger partial charge in [0.15, 0.2) is 5.11 Å². The highest BCUT2D eigenvalue weighted by Gasteiger charge is 2.08. The van der Waals surface area contributed by atoms with Gasteiger partial charge in [-0.2, -0.15) is 0 Å². The molecule has 1 unspecified atom stereocenters. The summed E-state index contributed by atoms with van der Waals surface area (Å²) in [6, 6.07) is 27.6. The minimum absolute atomic E-state index is 0.129. The molecule has 0 aromatic heterocycles. The van der Waals surface area contributed by atoms with Crippen molar-refractivity contribution in [3.8, 4) is 11.1 Å². The maximum Gasteiger partial charge on any atom is 0.171 e. The van der Waals surface area contributed by atoms with Crippen LogP contribution in [0.25, 0.3) is 11.1 Å². The van der Waals surface area contributed by atoms with E-state index in [1.807, 2.05) is 6.07 Å². The largest absolute Gasteiger partial charge is 0.356 e. The number of nitrogens with one attached hydrogen (secondary N) is 2. The normalized spacial score (nSPS) is 11.9. The lowest BCUT2D eigenvalue weighted by Gasteiger charge is -2.18. The Morgan fingerprint density at radius 2 is 1.26 bits per heavy atom. The summed E-state index contributed by atoms with van der Waals surface area (Å²) in [7, 11) is 0. The summed E-state index contributed by atoms with van der Waals surface area (Å²) in [5.74, 6) is 0.531. The molecule has 0 aliphatic heterocycles. The van der Waals surface area contributed by atoms with E-state index in [1.54, 1.807) is 0 Å². The van der Waals surface area contributed by atoms with Gasteiger partial charge in [-0.25, -0.2) is 0 Å². The van der Waals surface area contributed by atoms with E-state index in [4.69, 9.17) is 12.2 Å². The van der Waals surface area contributed by atoms with Crippen molar-refractivity contribution in [1.29, 1.82) is 0 Å². The van der Waals surface area contributed by atoms with E-state index in [-0.39, 0.29) is 6.04 Å². The Balaban J connectivity index is 1.59. The van der Waals surface area contributed by atoms with E-state index >= 15 is 0 Å². The summed E-state index contributed by atoms with van der Waals surface area (Å²) in [5.41, 5.74) is 5.98. The molecule has 2 nitrogen and oxygen atoms in total. The van der Waals surface area contributed by atoms with Crippen LogP contribution in [0.4, 0.5) is 5.69 Å². The molecule has 3 rings (SSSR count). The molecule has 0 spiro atoms. The van der Waals surface area contributed by atoms with Crippen LogP contribution >= 0.6 is 12.2 Å². The second kappa shape index (κ2) is 8.83. The van der Waals surface area contributed by atoms with Crippen LogP contribution in [0.1, 0.15) is 43.9 Å². The molecular formula is C24H26N2S. The van der Waals surface area contributed by atoms with Gasteiger partial charge in [0.1, 0.15) is 0 Å². The van der Waals surface area contributed by atoms with Crippen LogP contribution in [0.3, 0.4) is 0 Å². The van der Waals surface area contributed by atoms with Gasteiger partial charge in [-0.05, 0) is 59.4 Å². The highest BCUT2D eigenvalue weighted by Crippen LogP contribution is 2.22. The van der Waals surface area contributed by atoms with Crippen LogP contribution in [0.5, 0.6) is 0 Å². The van der Waals surface area contributed by atoms with Gasteiger partial charge in [0.2, 0.25) is 0 Å². The lowest BCUT2D eigenvalue weighted by Crippen LogP contribution is -2.30. The van der Waals surface area contributed by atoms with E-state index in [2.05, 4.69) is 104 Å². The first-order valence-electron chi connectivity index (χ1n) is 9.36. The van der Waals surface area contributed by atoms with Gasteiger partial charge in [0.25, 0.3) is 0 Å². The van der Waals surface area contributed by atoms with Crippen molar-refractivity contribution in [3.05, 3.63) is 90.0 Å². The topological polar surface area (TPSA) is 24.1 Å². The van der Waals surface area contributed by atoms with Crippen molar-refractivity contribution in [2.75, 3.05) is 5.32 Å². The fraction of sp³-hybridized carbons (Fsp3) is 0.208. The molecule has 3 aromatic carbocycles. The minimum atomic E-state index is 0.129. The van der Waals surface area contributed by atoms with Gasteiger partial charge < -0.3 is 10.6 Å². The van der Waals surface area contributed by atoms with E-state index in [1.165, 1.54) is 22.3 Å². The second-order valence-corrected chi connectivity index (χ2v) is 7.49. The van der Waals surface area contributed by atoms with Gasteiger partial charge in [-0.15, -0.1) is 0 Å². The summed E-state index contributed by atoms with van der Waals surface area (Å²) in [6.45, 7) is 6.51. The molecule has 0 heterocycles. The van der Waals surface area contributed by atoms with Crippen LogP contribution in [0.15, 0.2) is 78.9 Å². The highest BCUT2D eigenvalue weighted by atomic mass is 32.1. The first kappa shape index (κ1) is 19.1. The zero-order valence-electron chi connectivity index (χ0n) is 16.1. The zero-order chi connectivity index (χ0) is 19.2. The number of anilines is 1. The molecule has 0 aliphatic carbocycles. The van der Waals surface area contributed by atoms with Gasteiger partial charge in [-0.3, -0.25) is 0 Å². The zero-order valence-corrected chi connectivity index (χ0v) is 16.9. The van der Waals surface area contributed by atoms with E-state index in [9.17, 15) is 0 Å². The van der Waals surface area contributed by atoms with Gasteiger partial charge >= 0.3 is 0 Å². The maximum atomic E-state index is 5.48.